The number of H-pyrrole nitrogens is 1. The SMILES string of the molecule is Cc1ccccc1C1CCCN1C(=O)c1cc(-c2ccccn2)n[nH]1. The molecule has 0 spiro atoms. The summed E-state index contributed by atoms with van der Waals surface area (Å²) in [6.45, 7) is 2.88. The van der Waals surface area contributed by atoms with Crippen LogP contribution in [0.25, 0.3) is 11.4 Å². The van der Waals surface area contributed by atoms with Crippen LogP contribution >= 0.6 is 0 Å². The van der Waals surface area contributed by atoms with Crippen LogP contribution < -0.4 is 0 Å². The summed E-state index contributed by atoms with van der Waals surface area (Å²) in [5.74, 6) is 0.000402. The van der Waals surface area contributed by atoms with Gasteiger partial charge in [-0.15, -0.1) is 0 Å². The maximum atomic E-state index is 13.0. The van der Waals surface area contributed by atoms with Gasteiger partial charge in [-0.2, -0.15) is 5.10 Å². The van der Waals surface area contributed by atoms with E-state index < -0.39 is 0 Å². The highest BCUT2D eigenvalue weighted by molar-refractivity contribution is 5.93. The van der Waals surface area contributed by atoms with Crippen molar-refractivity contribution < 1.29 is 4.79 Å². The van der Waals surface area contributed by atoms with Gasteiger partial charge in [-0.05, 0) is 49.1 Å². The standard InChI is InChI=1S/C20H20N4O/c1-14-7-2-3-8-15(14)19-10-6-12-24(19)20(25)18-13-17(22-23-18)16-9-4-5-11-21-16/h2-5,7-9,11,13,19H,6,10,12H2,1H3,(H,22,23). The van der Waals surface area contributed by atoms with Gasteiger partial charge in [0, 0.05) is 12.7 Å². The van der Waals surface area contributed by atoms with E-state index in [4.69, 9.17) is 0 Å². The summed E-state index contributed by atoms with van der Waals surface area (Å²) in [5.41, 5.74) is 4.43. The minimum Gasteiger partial charge on any atom is -0.330 e. The van der Waals surface area contributed by atoms with Gasteiger partial charge in [0.05, 0.1) is 11.7 Å². The van der Waals surface area contributed by atoms with Crippen LogP contribution in [0.1, 0.15) is 40.5 Å². The van der Waals surface area contributed by atoms with E-state index in [0.717, 1.165) is 25.1 Å². The Labute approximate surface area is 146 Å². The Kier molecular flexibility index (Phi) is 4.06. The predicted octanol–water partition coefficient (Wildman–Crippen LogP) is 3.76. The molecule has 0 bridgehead atoms. The van der Waals surface area contributed by atoms with Crippen LogP contribution in [0.15, 0.2) is 54.7 Å². The predicted molar refractivity (Wildman–Crippen MR) is 96.0 cm³/mol. The van der Waals surface area contributed by atoms with Crippen molar-refractivity contribution in [3.05, 3.63) is 71.5 Å². The smallest absolute Gasteiger partial charge is 0.272 e. The molecule has 0 aliphatic carbocycles. The Morgan fingerprint density at radius 1 is 1.16 bits per heavy atom. The number of aromatic amines is 1. The molecule has 1 aliphatic heterocycles. The quantitative estimate of drug-likeness (QED) is 0.794. The third-order valence-corrected chi connectivity index (χ3v) is 4.80. The van der Waals surface area contributed by atoms with E-state index >= 15 is 0 Å². The number of nitrogens with zero attached hydrogens (tertiary/aromatic N) is 3. The van der Waals surface area contributed by atoms with Gasteiger partial charge in [0.2, 0.25) is 0 Å². The summed E-state index contributed by atoms with van der Waals surface area (Å²) < 4.78 is 0. The van der Waals surface area contributed by atoms with Crippen LogP contribution in [0.5, 0.6) is 0 Å². The largest absolute Gasteiger partial charge is 0.330 e. The first kappa shape index (κ1) is 15.6. The van der Waals surface area contributed by atoms with E-state index in [9.17, 15) is 4.79 Å². The number of aromatic nitrogens is 3. The van der Waals surface area contributed by atoms with E-state index in [-0.39, 0.29) is 11.9 Å². The Hall–Kier alpha value is -2.95. The molecule has 1 saturated heterocycles. The average molecular weight is 332 g/mol. The number of benzene rings is 1. The lowest BCUT2D eigenvalue weighted by molar-refractivity contribution is 0.0729. The maximum absolute atomic E-state index is 13.0. The first-order chi connectivity index (χ1) is 12.2. The molecule has 1 fully saturated rings. The van der Waals surface area contributed by atoms with Crippen molar-refractivity contribution >= 4 is 5.91 Å². The van der Waals surface area contributed by atoms with Gasteiger partial charge in [-0.1, -0.05) is 30.3 Å². The molecule has 0 radical (unpaired) electrons. The molecule has 1 atom stereocenters. The van der Waals surface area contributed by atoms with Crippen molar-refractivity contribution in [2.24, 2.45) is 0 Å². The molecule has 1 N–H and O–H groups in total. The first-order valence-electron chi connectivity index (χ1n) is 8.57. The molecule has 25 heavy (non-hydrogen) atoms. The summed E-state index contributed by atoms with van der Waals surface area (Å²) in [5, 5.41) is 7.15. The fraction of sp³-hybridized carbons (Fsp3) is 0.250. The van der Waals surface area contributed by atoms with Gasteiger partial charge in [-0.25, -0.2) is 0 Å². The van der Waals surface area contributed by atoms with E-state index in [1.807, 2.05) is 35.2 Å². The first-order valence-corrected chi connectivity index (χ1v) is 8.57. The number of nitrogens with one attached hydrogen (secondary N) is 1. The number of likely N-dealkylation sites (tertiary alicyclic amines) is 1. The second-order valence-corrected chi connectivity index (χ2v) is 6.39. The lowest BCUT2D eigenvalue weighted by atomic mass is 9.99. The molecule has 1 aromatic carbocycles. The molecule has 1 aliphatic rings. The van der Waals surface area contributed by atoms with Crippen LogP contribution in [-0.2, 0) is 0 Å². The van der Waals surface area contributed by atoms with E-state index in [1.54, 1.807) is 12.3 Å². The molecule has 126 valence electrons. The van der Waals surface area contributed by atoms with Crippen LogP contribution in [0.4, 0.5) is 0 Å². The molecular formula is C20H20N4O. The Balaban J connectivity index is 1.60. The number of aryl methyl sites for hydroxylation is 1. The molecule has 2 aromatic heterocycles. The van der Waals surface area contributed by atoms with Crippen molar-refractivity contribution in [1.82, 2.24) is 20.1 Å². The van der Waals surface area contributed by atoms with Gasteiger partial charge >= 0.3 is 0 Å². The Morgan fingerprint density at radius 3 is 2.80 bits per heavy atom. The normalized spacial score (nSPS) is 17.0. The summed E-state index contributed by atoms with van der Waals surface area (Å²) in [7, 11) is 0. The zero-order valence-electron chi connectivity index (χ0n) is 14.1. The molecule has 0 saturated carbocycles. The Bertz CT molecular complexity index is 887. The molecule has 5 heteroatoms. The second kappa shape index (κ2) is 6.51. The number of hydrogen-bond donors (Lipinski definition) is 1. The molecule has 5 nitrogen and oxygen atoms in total. The number of hydrogen-bond acceptors (Lipinski definition) is 3. The third kappa shape index (κ3) is 2.93. The topological polar surface area (TPSA) is 61.9 Å². The second-order valence-electron chi connectivity index (χ2n) is 6.39. The van der Waals surface area contributed by atoms with Crippen LogP contribution in [0.2, 0.25) is 0 Å². The van der Waals surface area contributed by atoms with E-state index in [1.165, 1.54) is 11.1 Å². The molecule has 4 rings (SSSR count). The molecule has 1 unspecified atom stereocenters. The number of amides is 1. The number of carbonyl (C=O) groups excluding carboxylic acids is 1. The van der Waals surface area contributed by atoms with Crippen LogP contribution in [0.3, 0.4) is 0 Å². The highest BCUT2D eigenvalue weighted by Crippen LogP contribution is 2.34. The molecular weight excluding hydrogens is 312 g/mol. The van der Waals surface area contributed by atoms with Crippen molar-refractivity contribution in [1.29, 1.82) is 0 Å². The third-order valence-electron chi connectivity index (χ3n) is 4.80. The van der Waals surface area contributed by atoms with Crippen LogP contribution in [0, 0.1) is 6.92 Å². The zero-order chi connectivity index (χ0) is 17.2. The minimum atomic E-state index is 0.000402. The molecule has 3 aromatic rings. The average Bonchev–Trinajstić information content (AvgIpc) is 3.32. The van der Waals surface area contributed by atoms with Crippen molar-refractivity contribution in [2.45, 2.75) is 25.8 Å². The number of pyridine rings is 1. The number of rotatable bonds is 3. The highest BCUT2D eigenvalue weighted by Gasteiger charge is 2.32. The highest BCUT2D eigenvalue weighted by atomic mass is 16.2. The Morgan fingerprint density at radius 2 is 2.00 bits per heavy atom. The fourth-order valence-corrected chi connectivity index (χ4v) is 3.53. The van der Waals surface area contributed by atoms with Crippen LogP contribution in [-0.4, -0.2) is 32.5 Å². The van der Waals surface area contributed by atoms with E-state index in [2.05, 4.69) is 34.2 Å². The maximum Gasteiger partial charge on any atom is 0.272 e. The van der Waals surface area contributed by atoms with Crippen molar-refractivity contribution in [2.75, 3.05) is 6.54 Å². The zero-order valence-corrected chi connectivity index (χ0v) is 14.1. The van der Waals surface area contributed by atoms with Gasteiger partial charge in [-0.3, -0.25) is 14.9 Å². The van der Waals surface area contributed by atoms with Gasteiger partial charge in [0.15, 0.2) is 0 Å². The summed E-state index contributed by atoms with van der Waals surface area (Å²) in [4.78, 5) is 19.3. The molecule has 3 heterocycles. The fourth-order valence-electron chi connectivity index (χ4n) is 3.53. The van der Waals surface area contributed by atoms with Crippen molar-refractivity contribution in [3.8, 4) is 11.4 Å². The minimum absolute atomic E-state index is 0.000402. The lowest BCUT2D eigenvalue weighted by Gasteiger charge is -2.25. The lowest BCUT2D eigenvalue weighted by Crippen LogP contribution is -2.31. The van der Waals surface area contributed by atoms with Gasteiger partial charge in [0.1, 0.15) is 11.4 Å². The summed E-state index contributed by atoms with van der Waals surface area (Å²) in [6.07, 6.45) is 3.74. The van der Waals surface area contributed by atoms with Gasteiger partial charge in [0.25, 0.3) is 5.91 Å². The van der Waals surface area contributed by atoms with E-state index in [0.29, 0.717) is 11.4 Å². The summed E-state index contributed by atoms with van der Waals surface area (Å²) in [6, 6.07) is 15.9. The monoisotopic (exact) mass is 332 g/mol. The van der Waals surface area contributed by atoms with Crippen molar-refractivity contribution in [3.63, 3.8) is 0 Å². The van der Waals surface area contributed by atoms with Gasteiger partial charge < -0.3 is 4.90 Å². The number of carbonyl (C=O) groups is 1. The molecule has 1 amide bonds. The summed E-state index contributed by atoms with van der Waals surface area (Å²) >= 11 is 0.